The van der Waals surface area contributed by atoms with Crippen LogP contribution >= 0.6 is 8.25 Å². The molecular weight excluding hydrogens is 399 g/mol. The fourth-order valence-electron chi connectivity index (χ4n) is 1.03. The highest BCUT2D eigenvalue weighted by molar-refractivity contribution is 7.30. The Morgan fingerprint density at radius 2 is 0.750 bits per heavy atom. The second-order valence-corrected chi connectivity index (χ2v) is 4.43. The number of hydrogen-bond donors (Lipinski definition) is 2. The molecule has 0 atom stereocenters. The van der Waals surface area contributed by atoms with Crippen LogP contribution in [0.4, 0.5) is 0 Å². The van der Waals surface area contributed by atoms with Crippen molar-refractivity contribution in [2.75, 3.05) is 26.4 Å². The van der Waals surface area contributed by atoms with Crippen LogP contribution in [0, 0.1) is 0 Å². The van der Waals surface area contributed by atoms with E-state index in [1.165, 1.54) is 0 Å². The summed E-state index contributed by atoms with van der Waals surface area (Å²) < 4.78 is 26.9. The van der Waals surface area contributed by atoms with E-state index in [9.17, 15) is 19.2 Å². The summed E-state index contributed by atoms with van der Waals surface area (Å²) in [6.07, 6.45) is 4.17. The first-order valence-corrected chi connectivity index (χ1v) is 9.19. The number of hydrogen-bond acceptors (Lipinski definition) is 9. The van der Waals surface area contributed by atoms with Gasteiger partial charge in [-0.15, -0.1) is 9.79 Å². The van der Waals surface area contributed by atoms with Crippen molar-refractivity contribution >= 4 is 32.1 Å². The van der Waals surface area contributed by atoms with Crippen molar-refractivity contribution in [3.8, 4) is 0 Å². The second-order valence-electron chi connectivity index (χ2n) is 3.93. The molecule has 28 heavy (non-hydrogen) atoms. The lowest BCUT2D eigenvalue weighted by Crippen LogP contribution is -2.03. The average Bonchev–Trinajstić information content (AvgIpc) is 2.59. The average molecular weight is 425 g/mol. The molecular formula is C16H26O11P+. The molecule has 0 aromatic heterocycles. The maximum atomic E-state index is 10.6. The largest absolute Gasteiger partial charge is 0.692 e. The van der Waals surface area contributed by atoms with Crippen molar-refractivity contribution in [3.63, 3.8) is 0 Å². The Morgan fingerprint density at radius 3 is 0.857 bits per heavy atom. The van der Waals surface area contributed by atoms with Crippen LogP contribution in [0.2, 0.25) is 0 Å². The van der Waals surface area contributed by atoms with Gasteiger partial charge in [-0.2, -0.15) is 0 Å². The molecule has 0 radical (unpaired) electrons. The zero-order chi connectivity index (χ0) is 22.4. The minimum atomic E-state index is -2.87. The molecule has 0 saturated heterocycles. The van der Waals surface area contributed by atoms with Crippen LogP contribution in [-0.2, 0) is 42.7 Å². The van der Waals surface area contributed by atoms with Gasteiger partial charge in [0.25, 0.3) is 0 Å². The SMILES string of the molecule is CCOC(=O)/C=C\C(=O)OCC.CCOC(=O)/C=C\C(=O)OCC.O=[P+](O)O. The smallest absolute Gasteiger partial charge is 0.463 e. The van der Waals surface area contributed by atoms with E-state index in [2.05, 4.69) is 18.9 Å². The van der Waals surface area contributed by atoms with E-state index in [0.29, 0.717) is 26.4 Å². The van der Waals surface area contributed by atoms with Gasteiger partial charge in [-0.25, -0.2) is 19.2 Å². The van der Waals surface area contributed by atoms with E-state index in [0.717, 1.165) is 24.3 Å². The number of rotatable bonds is 8. The van der Waals surface area contributed by atoms with Crippen LogP contribution in [0.3, 0.4) is 0 Å². The first kappa shape index (κ1) is 30.1. The summed E-state index contributed by atoms with van der Waals surface area (Å²) in [6.45, 7) is 7.95. The van der Waals surface area contributed by atoms with Gasteiger partial charge in [0.2, 0.25) is 0 Å². The Balaban J connectivity index is -0.000000375. The summed E-state index contributed by atoms with van der Waals surface area (Å²) in [5, 5.41) is 0. The molecule has 0 aromatic carbocycles. The predicted octanol–water partition coefficient (Wildman–Crippen LogP) is 0.966. The first-order chi connectivity index (χ1) is 13.1. The van der Waals surface area contributed by atoms with E-state index < -0.39 is 32.1 Å². The summed E-state index contributed by atoms with van der Waals surface area (Å²) in [7, 11) is -2.87. The molecule has 0 aliphatic carbocycles. The highest BCUT2D eigenvalue weighted by Gasteiger charge is 1.98. The molecule has 11 nitrogen and oxygen atoms in total. The van der Waals surface area contributed by atoms with Crippen molar-refractivity contribution in [2.45, 2.75) is 27.7 Å². The summed E-state index contributed by atoms with van der Waals surface area (Å²) in [6, 6.07) is 0. The van der Waals surface area contributed by atoms with E-state index in [-0.39, 0.29) is 0 Å². The third-order valence-corrected chi connectivity index (χ3v) is 1.86. The molecule has 0 heterocycles. The second kappa shape index (κ2) is 22.4. The van der Waals surface area contributed by atoms with Crippen LogP contribution in [0.25, 0.3) is 0 Å². The maximum absolute atomic E-state index is 10.6. The lowest BCUT2D eigenvalue weighted by molar-refractivity contribution is -0.140. The quantitative estimate of drug-likeness (QED) is 0.246. The zero-order valence-electron chi connectivity index (χ0n) is 16.2. The maximum Gasteiger partial charge on any atom is 0.692 e. The standard InChI is InChI=1S/2C8H12O4.HO3P/c2*1-3-11-7(9)5-6-8(10)12-4-2;1-4(2)3/h2*5-6H,3-4H2,1-2H3;(H-,1,2,3)/p+1/b2*6-5-;. The van der Waals surface area contributed by atoms with Crippen LogP contribution in [0.15, 0.2) is 24.3 Å². The van der Waals surface area contributed by atoms with Gasteiger partial charge < -0.3 is 18.9 Å². The van der Waals surface area contributed by atoms with Crippen molar-refractivity contribution in [1.29, 1.82) is 0 Å². The normalized spacial score (nSPS) is 9.36. The van der Waals surface area contributed by atoms with Gasteiger partial charge in [0, 0.05) is 28.9 Å². The zero-order valence-corrected chi connectivity index (χ0v) is 17.0. The van der Waals surface area contributed by atoms with Gasteiger partial charge in [-0.1, -0.05) is 0 Å². The molecule has 0 saturated carbocycles. The number of carbonyl (C=O) groups excluding carboxylic acids is 4. The van der Waals surface area contributed by atoms with Gasteiger partial charge >= 0.3 is 32.1 Å². The van der Waals surface area contributed by atoms with E-state index in [4.69, 9.17) is 14.4 Å². The van der Waals surface area contributed by atoms with Crippen LogP contribution in [0.5, 0.6) is 0 Å². The number of carbonyl (C=O) groups is 4. The van der Waals surface area contributed by atoms with Gasteiger partial charge in [-0.05, 0) is 27.7 Å². The Hall–Kier alpha value is -2.62. The third-order valence-electron chi connectivity index (χ3n) is 1.86. The van der Waals surface area contributed by atoms with Gasteiger partial charge in [-0.3, -0.25) is 0 Å². The fourth-order valence-corrected chi connectivity index (χ4v) is 1.03. The van der Waals surface area contributed by atoms with E-state index >= 15 is 0 Å². The molecule has 0 aliphatic rings. The molecule has 2 N–H and O–H groups in total. The lowest BCUT2D eigenvalue weighted by atomic mass is 10.5. The van der Waals surface area contributed by atoms with Crippen molar-refractivity contribution in [2.24, 2.45) is 0 Å². The summed E-state index contributed by atoms with van der Waals surface area (Å²) in [5.41, 5.74) is 0. The van der Waals surface area contributed by atoms with Crippen LogP contribution < -0.4 is 0 Å². The topological polar surface area (TPSA) is 163 Å². The van der Waals surface area contributed by atoms with Crippen LogP contribution in [0.1, 0.15) is 27.7 Å². The van der Waals surface area contributed by atoms with Gasteiger partial charge in [0.05, 0.1) is 26.4 Å². The molecule has 0 aliphatic heterocycles. The first-order valence-electron chi connectivity index (χ1n) is 8.02. The molecule has 160 valence electrons. The highest BCUT2D eigenvalue weighted by Crippen LogP contribution is 1.98. The Bertz CT molecular complexity index is 455. The molecule has 0 amide bonds. The van der Waals surface area contributed by atoms with E-state index in [1.54, 1.807) is 27.7 Å². The molecule has 0 spiro atoms. The molecule has 0 fully saturated rings. The Kier molecular flexibility index (Phi) is 24.1. The summed E-state index contributed by atoms with van der Waals surface area (Å²) >= 11 is 0. The van der Waals surface area contributed by atoms with Crippen molar-refractivity contribution in [1.82, 2.24) is 0 Å². The van der Waals surface area contributed by atoms with Crippen molar-refractivity contribution < 1.29 is 52.5 Å². The molecule has 12 heteroatoms. The van der Waals surface area contributed by atoms with Gasteiger partial charge in [0.1, 0.15) is 0 Å². The van der Waals surface area contributed by atoms with Crippen LogP contribution in [-0.4, -0.2) is 60.1 Å². The molecule has 0 rings (SSSR count). The fraction of sp³-hybridized carbons (Fsp3) is 0.500. The predicted molar refractivity (Wildman–Crippen MR) is 96.9 cm³/mol. The highest BCUT2D eigenvalue weighted by atomic mass is 31.1. The number of esters is 4. The van der Waals surface area contributed by atoms with Crippen molar-refractivity contribution in [3.05, 3.63) is 24.3 Å². The summed E-state index contributed by atoms with van der Waals surface area (Å²) in [4.78, 5) is 56.8. The minimum absolute atomic E-state index is 0.298. The third kappa shape index (κ3) is 31.2. The molecule has 0 aromatic rings. The lowest BCUT2D eigenvalue weighted by Gasteiger charge is -1.95. The Morgan fingerprint density at radius 1 is 0.607 bits per heavy atom. The minimum Gasteiger partial charge on any atom is -0.463 e. The van der Waals surface area contributed by atoms with Gasteiger partial charge in [0.15, 0.2) is 0 Å². The van der Waals surface area contributed by atoms with E-state index in [1.807, 2.05) is 0 Å². The Labute approximate surface area is 163 Å². The molecule has 0 bridgehead atoms. The monoisotopic (exact) mass is 425 g/mol. The molecule has 0 unspecified atom stereocenters. The number of ether oxygens (including phenoxy) is 4. The summed E-state index contributed by atoms with van der Waals surface area (Å²) in [5.74, 6) is -2.15.